The summed E-state index contributed by atoms with van der Waals surface area (Å²) in [6.07, 6.45) is 4.12. The molecule has 0 radical (unpaired) electrons. The van der Waals surface area contributed by atoms with E-state index in [1.54, 1.807) is 4.90 Å². The van der Waals surface area contributed by atoms with Crippen molar-refractivity contribution in [2.24, 2.45) is 11.8 Å². The van der Waals surface area contributed by atoms with E-state index in [1.165, 1.54) is 4.90 Å². The fourth-order valence-electron chi connectivity index (χ4n) is 4.35. The Balaban J connectivity index is 1.40. The molecule has 2 saturated heterocycles. The van der Waals surface area contributed by atoms with Gasteiger partial charge in [0, 0.05) is 32.6 Å². The van der Waals surface area contributed by atoms with Gasteiger partial charge in [-0.25, -0.2) is 4.79 Å². The van der Waals surface area contributed by atoms with Crippen LogP contribution in [-0.2, 0) is 14.4 Å². The van der Waals surface area contributed by atoms with Gasteiger partial charge in [-0.3, -0.25) is 19.3 Å². The number of amides is 5. The minimum absolute atomic E-state index is 0.0325. The summed E-state index contributed by atoms with van der Waals surface area (Å²) in [5.41, 5.74) is -0.676. The zero-order chi connectivity index (χ0) is 19.6. The van der Waals surface area contributed by atoms with E-state index in [1.807, 2.05) is 13.8 Å². The van der Waals surface area contributed by atoms with Gasteiger partial charge in [-0.1, -0.05) is 26.7 Å². The summed E-state index contributed by atoms with van der Waals surface area (Å²) < 4.78 is 0. The topological polar surface area (TPSA) is 98.8 Å². The highest BCUT2D eigenvalue weighted by Crippen LogP contribution is 2.35. The van der Waals surface area contributed by atoms with Gasteiger partial charge in [-0.05, 0) is 25.2 Å². The zero-order valence-corrected chi connectivity index (χ0v) is 16.3. The lowest BCUT2D eigenvalue weighted by atomic mass is 9.98. The SMILES string of the molecule is CC(C)CN1CC(C(=O)NCCCN2C(=O)NC3(CCCC3)C2=O)CC1=O. The number of imide groups is 1. The number of nitrogens with zero attached hydrogens (tertiary/aromatic N) is 2. The van der Waals surface area contributed by atoms with Gasteiger partial charge in [0.25, 0.3) is 5.91 Å². The van der Waals surface area contributed by atoms with Crippen molar-refractivity contribution in [2.75, 3.05) is 26.2 Å². The first kappa shape index (κ1) is 19.6. The highest BCUT2D eigenvalue weighted by atomic mass is 16.2. The molecule has 2 aliphatic heterocycles. The molecule has 0 aromatic heterocycles. The van der Waals surface area contributed by atoms with Crippen LogP contribution in [0.3, 0.4) is 0 Å². The molecule has 0 aromatic rings. The molecule has 5 amide bonds. The van der Waals surface area contributed by atoms with E-state index in [0.29, 0.717) is 51.4 Å². The Bertz CT molecular complexity index is 627. The molecule has 1 atom stereocenters. The number of nitrogens with one attached hydrogen (secondary N) is 2. The Morgan fingerprint density at radius 3 is 2.63 bits per heavy atom. The van der Waals surface area contributed by atoms with E-state index < -0.39 is 5.54 Å². The van der Waals surface area contributed by atoms with E-state index in [-0.39, 0.29) is 36.1 Å². The molecule has 1 spiro atoms. The van der Waals surface area contributed by atoms with Gasteiger partial charge >= 0.3 is 6.03 Å². The van der Waals surface area contributed by atoms with Gasteiger partial charge in [-0.2, -0.15) is 0 Å². The standard InChI is InChI=1S/C19H30N4O4/c1-13(2)11-22-12-14(10-15(22)24)16(25)20-8-5-9-23-17(26)19(21-18(23)27)6-3-4-7-19/h13-14H,3-12H2,1-2H3,(H,20,25)(H,21,27). The third-order valence-electron chi connectivity index (χ3n) is 5.73. The van der Waals surface area contributed by atoms with E-state index >= 15 is 0 Å². The minimum Gasteiger partial charge on any atom is -0.356 e. The smallest absolute Gasteiger partial charge is 0.325 e. The molecule has 1 unspecified atom stereocenters. The van der Waals surface area contributed by atoms with Crippen LogP contribution in [0.15, 0.2) is 0 Å². The van der Waals surface area contributed by atoms with E-state index in [0.717, 1.165) is 12.8 Å². The molecule has 27 heavy (non-hydrogen) atoms. The number of hydrogen-bond donors (Lipinski definition) is 2. The molecule has 3 aliphatic rings. The number of carbonyl (C=O) groups is 4. The molecular formula is C19H30N4O4. The first-order chi connectivity index (χ1) is 12.8. The van der Waals surface area contributed by atoms with Gasteiger partial charge in [0.05, 0.1) is 5.92 Å². The molecule has 0 bridgehead atoms. The number of likely N-dealkylation sites (tertiary alicyclic amines) is 1. The molecule has 0 aromatic carbocycles. The van der Waals surface area contributed by atoms with Gasteiger partial charge < -0.3 is 15.5 Å². The molecule has 1 aliphatic carbocycles. The maximum Gasteiger partial charge on any atom is 0.325 e. The molecule has 8 nitrogen and oxygen atoms in total. The third-order valence-corrected chi connectivity index (χ3v) is 5.73. The fourth-order valence-corrected chi connectivity index (χ4v) is 4.35. The second kappa shape index (κ2) is 7.86. The van der Waals surface area contributed by atoms with Gasteiger partial charge in [0.1, 0.15) is 5.54 Å². The third kappa shape index (κ3) is 4.09. The van der Waals surface area contributed by atoms with E-state index in [4.69, 9.17) is 0 Å². The van der Waals surface area contributed by atoms with Crippen molar-refractivity contribution >= 4 is 23.8 Å². The number of carbonyl (C=O) groups excluding carboxylic acids is 4. The maximum absolute atomic E-state index is 12.5. The second-order valence-electron chi connectivity index (χ2n) is 8.41. The Kier molecular flexibility index (Phi) is 5.72. The summed E-state index contributed by atoms with van der Waals surface area (Å²) in [6.45, 7) is 5.93. The quantitative estimate of drug-likeness (QED) is 0.507. The molecule has 3 fully saturated rings. The molecule has 150 valence electrons. The summed E-state index contributed by atoms with van der Waals surface area (Å²) in [5, 5.41) is 5.70. The summed E-state index contributed by atoms with van der Waals surface area (Å²) in [7, 11) is 0. The van der Waals surface area contributed by atoms with Crippen molar-refractivity contribution in [3.05, 3.63) is 0 Å². The van der Waals surface area contributed by atoms with E-state index in [2.05, 4.69) is 10.6 Å². The lowest BCUT2D eigenvalue weighted by Crippen LogP contribution is -2.44. The van der Waals surface area contributed by atoms with Crippen molar-refractivity contribution in [1.29, 1.82) is 0 Å². The average molecular weight is 378 g/mol. The molecule has 2 heterocycles. The lowest BCUT2D eigenvalue weighted by Gasteiger charge is -2.20. The van der Waals surface area contributed by atoms with Crippen LogP contribution in [0.1, 0.15) is 52.4 Å². The van der Waals surface area contributed by atoms with Gasteiger partial charge in [-0.15, -0.1) is 0 Å². The van der Waals surface area contributed by atoms with Crippen molar-refractivity contribution in [3.8, 4) is 0 Å². The summed E-state index contributed by atoms with van der Waals surface area (Å²) in [6, 6.07) is -0.320. The number of hydrogen-bond acceptors (Lipinski definition) is 4. The summed E-state index contributed by atoms with van der Waals surface area (Å²) in [5.74, 6) is -0.149. The first-order valence-corrected chi connectivity index (χ1v) is 10.0. The van der Waals surface area contributed by atoms with Crippen LogP contribution in [0.4, 0.5) is 4.79 Å². The Labute approximate surface area is 160 Å². The molecule has 8 heteroatoms. The summed E-state index contributed by atoms with van der Waals surface area (Å²) in [4.78, 5) is 52.0. The predicted octanol–water partition coefficient (Wildman–Crippen LogP) is 0.862. The molecule has 1 saturated carbocycles. The molecule has 2 N–H and O–H groups in total. The van der Waals surface area contributed by atoms with Crippen LogP contribution in [0, 0.1) is 11.8 Å². The van der Waals surface area contributed by atoms with Crippen LogP contribution in [-0.4, -0.2) is 65.3 Å². The fraction of sp³-hybridized carbons (Fsp3) is 0.789. The number of urea groups is 1. The monoisotopic (exact) mass is 378 g/mol. The van der Waals surface area contributed by atoms with E-state index in [9.17, 15) is 19.2 Å². The van der Waals surface area contributed by atoms with Gasteiger partial charge in [0.15, 0.2) is 0 Å². The normalized spacial score (nSPS) is 24.4. The number of rotatable bonds is 7. The predicted molar refractivity (Wildman–Crippen MR) is 98.6 cm³/mol. The average Bonchev–Trinajstić information content (AvgIpc) is 3.27. The van der Waals surface area contributed by atoms with Crippen LogP contribution in [0.2, 0.25) is 0 Å². The largest absolute Gasteiger partial charge is 0.356 e. The molecular weight excluding hydrogens is 348 g/mol. The van der Waals surface area contributed by atoms with Crippen molar-refractivity contribution in [3.63, 3.8) is 0 Å². The van der Waals surface area contributed by atoms with Crippen molar-refractivity contribution < 1.29 is 19.2 Å². The second-order valence-corrected chi connectivity index (χ2v) is 8.41. The Hall–Kier alpha value is -2.12. The van der Waals surface area contributed by atoms with Crippen LogP contribution < -0.4 is 10.6 Å². The maximum atomic E-state index is 12.5. The lowest BCUT2D eigenvalue weighted by molar-refractivity contribution is -0.131. The van der Waals surface area contributed by atoms with Crippen molar-refractivity contribution in [2.45, 2.75) is 57.9 Å². The summed E-state index contributed by atoms with van der Waals surface area (Å²) >= 11 is 0. The van der Waals surface area contributed by atoms with Crippen LogP contribution in [0.25, 0.3) is 0 Å². The van der Waals surface area contributed by atoms with Gasteiger partial charge in [0.2, 0.25) is 11.8 Å². The molecule has 3 rings (SSSR count). The minimum atomic E-state index is -0.676. The van der Waals surface area contributed by atoms with Crippen LogP contribution >= 0.6 is 0 Å². The van der Waals surface area contributed by atoms with Crippen LogP contribution in [0.5, 0.6) is 0 Å². The zero-order valence-electron chi connectivity index (χ0n) is 16.3. The highest BCUT2D eigenvalue weighted by molar-refractivity contribution is 6.07. The highest BCUT2D eigenvalue weighted by Gasteiger charge is 2.52. The Morgan fingerprint density at radius 2 is 1.96 bits per heavy atom. The Morgan fingerprint density at radius 1 is 1.26 bits per heavy atom. The first-order valence-electron chi connectivity index (χ1n) is 10.0. The van der Waals surface area contributed by atoms with Crippen molar-refractivity contribution in [1.82, 2.24) is 20.4 Å².